The van der Waals surface area contributed by atoms with Crippen molar-refractivity contribution in [2.75, 3.05) is 0 Å². The molecule has 0 aliphatic carbocycles. The van der Waals surface area contributed by atoms with Crippen LogP contribution in [-0.2, 0) is 0 Å². The van der Waals surface area contributed by atoms with Crippen molar-refractivity contribution in [3.8, 4) is 0 Å². The van der Waals surface area contributed by atoms with Crippen molar-refractivity contribution < 1.29 is 4.39 Å². The predicted molar refractivity (Wildman–Crippen MR) is 68.9 cm³/mol. The lowest BCUT2D eigenvalue weighted by atomic mass is 10.0. The Morgan fingerprint density at radius 3 is 2.00 bits per heavy atom. The molecule has 2 rings (SSSR count). The van der Waals surface area contributed by atoms with E-state index in [1.54, 1.807) is 0 Å². The maximum atomic E-state index is 14.4. The molecule has 0 fully saturated rings. The highest BCUT2D eigenvalue weighted by molar-refractivity contribution is 5.21. The van der Waals surface area contributed by atoms with E-state index in [2.05, 4.69) is 4.57 Å². The van der Waals surface area contributed by atoms with Crippen LogP contribution in [0.5, 0.6) is 0 Å². The van der Waals surface area contributed by atoms with Crippen LogP contribution in [0, 0.1) is 13.8 Å². The van der Waals surface area contributed by atoms with Crippen LogP contribution < -0.4 is 0 Å². The van der Waals surface area contributed by atoms with Crippen molar-refractivity contribution in [1.82, 2.24) is 4.57 Å². The summed E-state index contributed by atoms with van der Waals surface area (Å²) in [5.41, 5.74) is 2.95. The van der Waals surface area contributed by atoms with E-state index in [1.807, 2.05) is 63.2 Å². The molecule has 0 N–H and O–H groups in total. The second kappa shape index (κ2) is 4.74. The van der Waals surface area contributed by atoms with E-state index >= 15 is 0 Å². The van der Waals surface area contributed by atoms with Crippen molar-refractivity contribution in [3.05, 3.63) is 59.4 Å². The first-order valence-corrected chi connectivity index (χ1v) is 5.94. The number of benzene rings is 1. The van der Waals surface area contributed by atoms with E-state index in [0.717, 1.165) is 17.0 Å². The van der Waals surface area contributed by atoms with Gasteiger partial charge in [-0.2, -0.15) is 0 Å². The molecule has 0 saturated carbocycles. The van der Waals surface area contributed by atoms with Gasteiger partial charge in [0.05, 0.1) is 6.04 Å². The van der Waals surface area contributed by atoms with Crippen LogP contribution in [0.25, 0.3) is 0 Å². The highest BCUT2D eigenvalue weighted by atomic mass is 19.1. The minimum Gasteiger partial charge on any atom is -0.343 e. The SMILES string of the molecule is Cc1ccc(C)n1[C@H](C)[C@@H](F)c1ccccc1. The summed E-state index contributed by atoms with van der Waals surface area (Å²) in [6.07, 6.45) is -0.971. The van der Waals surface area contributed by atoms with Crippen molar-refractivity contribution in [1.29, 1.82) is 0 Å². The standard InChI is InChI=1S/C15H18FN/c1-11-9-10-12(2)17(11)13(3)15(16)14-7-5-4-6-8-14/h4-10,13,15H,1-3H3/t13-,15-/m1/s1. The van der Waals surface area contributed by atoms with Gasteiger partial charge in [0.25, 0.3) is 0 Å². The predicted octanol–water partition coefficient (Wildman–Crippen LogP) is 4.38. The number of aryl methyl sites for hydroxylation is 2. The lowest BCUT2D eigenvalue weighted by Crippen LogP contribution is -2.14. The summed E-state index contributed by atoms with van der Waals surface area (Å²) in [7, 11) is 0. The van der Waals surface area contributed by atoms with Gasteiger partial charge in [0.2, 0.25) is 0 Å². The van der Waals surface area contributed by atoms with E-state index in [0.29, 0.717) is 0 Å². The first kappa shape index (κ1) is 11.9. The van der Waals surface area contributed by atoms with E-state index in [4.69, 9.17) is 0 Å². The van der Waals surface area contributed by atoms with Gasteiger partial charge in [-0.05, 0) is 38.5 Å². The summed E-state index contributed by atoms with van der Waals surface area (Å²) in [5, 5.41) is 0. The topological polar surface area (TPSA) is 4.93 Å². The molecule has 1 nitrogen and oxygen atoms in total. The molecule has 0 amide bonds. The largest absolute Gasteiger partial charge is 0.343 e. The van der Waals surface area contributed by atoms with E-state index in [-0.39, 0.29) is 6.04 Å². The van der Waals surface area contributed by atoms with Gasteiger partial charge in [-0.1, -0.05) is 30.3 Å². The van der Waals surface area contributed by atoms with Crippen LogP contribution in [-0.4, -0.2) is 4.57 Å². The molecule has 0 radical (unpaired) electrons. The minimum atomic E-state index is -0.971. The molecule has 1 aromatic heterocycles. The second-order valence-corrected chi connectivity index (χ2v) is 4.54. The number of rotatable bonds is 3. The van der Waals surface area contributed by atoms with Gasteiger partial charge in [0.1, 0.15) is 6.17 Å². The molecule has 0 bridgehead atoms. The fourth-order valence-corrected chi connectivity index (χ4v) is 2.37. The van der Waals surface area contributed by atoms with Crippen LogP contribution in [0.2, 0.25) is 0 Å². The lowest BCUT2D eigenvalue weighted by Gasteiger charge is -2.22. The first-order valence-electron chi connectivity index (χ1n) is 5.94. The minimum absolute atomic E-state index is 0.174. The summed E-state index contributed by atoms with van der Waals surface area (Å²) < 4.78 is 16.5. The van der Waals surface area contributed by atoms with Gasteiger partial charge in [-0.25, -0.2) is 4.39 Å². The maximum absolute atomic E-state index is 14.4. The number of hydrogen-bond donors (Lipinski definition) is 0. The molecular weight excluding hydrogens is 213 g/mol. The molecule has 0 spiro atoms. The third-order valence-electron chi connectivity index (χ3n) is 3.27. The van der Waals surface area contributed by atoms with Gasteiger partial charge < -0.3 is 4.57 Å². The Bertz CT molecular complexity index is 467. The normalized spacial score (nSPS) is 14.6. The van der Waals surface area contributed by atoms with Crippen LogP contribution in [0.4, 0.5) is 4.39 Å². The summed E-state index contributed by atoms with van der Waals surface area (Å²) in [6.45, 7) is 5.96. The van der Waals surface area contributed by atoms with Gasteiger partial charge in [-0.15, -0.1) is 0 Å². The zero-order chi connectivity index (χ0) is 12.4. The number of nitrogens with zero attached hydrogens (tertiary/aromatic N) is 1. The Morgan fingerprint density at radius 2 is 1.47 bits per heavy atom. The number of halogens is 1. The van der Waals surface area contributed by atoms with Crippen molar-refractivity contribution >= 4 is 0 Å². The van der Waals surface area contributed by atoms with Crippen molar-refractivity contribution in [2.45, 2.75) is 33.0 Å². The zero-order valence-corrected chi connectivity index (χ0v) is 10.5. The van der Waals surface area contributed by atoms with Crippen molar-refractivity contribution in [2.24, 2.45) is 0 Å². The molecular formula is C15H18FN. The fourth-order valence-electron chi connectivity index (χ4n) is 2.37. The molecule has 17 heavy (non-hydrogen) atoms. The maximum Gasteiger partial charge on any atom is 0.145 e. The molecule has 0 aliphatic rings. The summed E-state index contributed by atoms with van der Waals surface area (Å²) >= 11 is 0. The van der Waals surface area contributed by atoms with E-state index < -0.39 is 6.17 Å². The second-order valence-electron chi connectivity index (χ2n) is 4.54. The average Bonchev–Trinajstić information content (AvgIpc) is 2.68. The molecule has 0 saturated heterocycles. The highest BCUT2D eigenvalue weighted by Gasteiger charge is 2.21. The Kier molecular flexibility index (Phi) is 3.32. The summed E-state index contributed by atoms with van der Waals surface area (Å²) in [4.78, 5) is 0. The Balaban J connectivity index is 2.30. The molecule has 90 valence electrons. The highest BCUT2D eigenvalue weighted by Crippen LogP contribution is 2.31. The van der Waals surface area contributed by atoms with Crippen LogP contribution in [0.3, 0.4) is 0 Å². The number of alkyl halides is 1. The van der Waals surface area contributed by atoms with Crippen molar-refractivity contribution in [3.63, 3.8) is 0 Å². The quantitative estimate of drug-likeness (QED) is 0.739. The van der Waals surface area contributed by atoms with E-state index in [1.165, 1.54) is 0 Å². The van der Waals surface area contributed by atoms with Gasteiger partial charge in [0, 0.05) is 11.4 Å². The van der Waals surface area contributed by atoms with Crippen LogP contribution in [0.15, 0.2) is 42.5 Å². The lowest BCUT2D eigenvalue weighted by molar-refractivity contribution is 0.244. The van der Waals surface area contributed by atoms with Crippen LogP contribution in [0.1, 0.15) is 36.1 Å². The average molecular weight is 231 g/mol. The monoisotopic (exact) mass is 231 g/mol. The van der Waals surface area contributed by atoms with Gasteiger partial charge in [0.15, 0.2) is 0 Å². The third-order valence-corrected chi connectivity index (χ3v) is 3.27. The van der Waals surface area contributed by atoms with Gasteiger partial charge >= 0.3 is 0 Å². The molecule has 0 aliphatic heterocycles. The summed E-state index contributed by atoms with van der Waals surface area (Å²) in [5.74, 6) is 0. The fraction of sp³-hybridized carbons (Fsp3) is 0.333. The first-order chi connectivity index (χ1) is 8.11. The molecule has 2 atom stereocenters. The van der Waals surface area contributed by atoms with E-state index in [9.17, 15) is 4.39 Å². The molecule has 1 aromatic carbocycles. The third kappa shape index (κ3) is 2.26. The molecule has 0 unspecified atom stereocenters. The number of aromatic nitrogens is 1. The smallest absolute Gasteiger partial charge is 0.145 e. The molecule has 1 heterocycles. The molecule has 2 heteroatoms. The number of hydrogen-bond acceptors (Lipinski definition) is 0. The Labute approximate surface area is 102 Å². The molecule has 2 aromatic rings. The van der Waals surface area contributed by atoms with Gasteiger partial charge in [-0.3, -0.25) is 0 Å². The Morgan fingerprint density at radius 1 is 0.941 bits per heavy atom. The summed E-state index contributed by atoms with van der Waals surface area (Å²) in [6, 6.07) is 13.2. The van der Waals surface area contributed by atoms with Crippen LogP contribution >= 0.6 is 0 Å². The zero-order valence-electron chi connectivity index (χ0n) is 10.5. The Hall–Kier alpha value is -1.57.